The summed E-state index contributed by atoms with van der Waals surface area (Å²) in [4.78, 5) is 24.8. The minimum Gasteiger partial charge on any atom is -0.346 e. The SMILES string of the molecule is C[C@@H](N[C@H]1CCC[C@H](c2ccc(C(=O)NC3(CC(=O)Cl)CCCCC3)cc2)C1)c1cccc2ccccc12. The number of amides is 1. The first-order chi connectivity index (χ1) is 18.4. The molecule has 0 unspecified atom stereocenters. The van der Waals surface area contributed by atoms with Gasteiger partial charge in [-0.3, -0.25) is 9.59 Å². The Hall–Kier alpha value is -2.69. The molecule has 0 saturated heterocycles. The van der Waals surface area contributed by atoms with E-state index in [0.29, 0.717) is 17.5 Å². The monoisotopic (exact) mass is 530 g/mol. The number of fused-ring (bicyclic) bond motifs is 1. The van der Waals surface area contributed by atoms with E-state index in [1.165, 1.54) is 41.2 Å². The summed E-state index contributed by atoms with van der Waals surface area (Å²) in [6.07, 6.45) is 9.64. The summed E-state index contributed by atoms with van der Waals surface area (Å²) < 4.78 is 0. The van der Waals surface area contributed by atoms with Crippen molar-refractivity contribution in [3.8, 4) is 0 Å². The fourth-order valence-corrected chi connectivity index (χ4v) is 7.03. The zero-order valence-electron chi connectivity index (χ0n) is 22.3. The van der Waals surface area contributed by atoms with Crippen LogP contribution in [0.25, 0.3) is 10.8 Å². The molecule has 1 amide bonds. The van der Waals surface area contributed by atoms with Crippen LogP contribution in [-0.4, -0.2) is 22.7 Å². The largest absolute Gasteiger partial charge is 0.346 e. The van der Waals surface area contributed by atoms with Gasteiger partial charge < -0.3 is 10.6 Å². The molecular formula is C33H39ClN2O2. The van der Waals surface area contributed by atoms with Gasteiger partial charge in [0, 0.05) is 29.6 Å². The summed E-state index contributed by atoms with van der Waals surface area (Å²) in [6, 6.07) is 24.1. The Bertz CT molecular complexity index is 1260. The van der Waals surface area contributed by atoms with Crippen molar-refractivity contribution >= 4 is 33.5 Å². The van der Waals surface area contributed by atoms with Crippen LogP contribution in [0, 0.1) is 0 Å². The number of carbonyl (C=O) groups excluding carboxylic acids is 2. The summed E-state index contributed by atoms with van der Waals surface area (Å²) in [5.74, 6) is 0.375. The molecule has 0 spiro atoms. The maximum atomic E-state index is 13.1. The Balaban J connectivity index is 1.22. The average molecular weight is 531 g/mol. The maximum Gasteiger partial charge on any atom is 0.251 e. The topological polar surface area (TPSA) is 58.2 Å². The Kier molecular flexibility index (Phi) is 8.50. The van der Waals surface area contributed by atoms with Crippen molar-refractivity contribution in [1.29, 1.82) is 0 Å². The Labute approximate surface area is 231 Å². The van der Waals surface area contributed by atoms with Gasteiger partial charge in [-0.1, -0.05) is 80.3 Å². The second kappa shape index (κ2) is 12.0. The molecule has 5 heteroatoms. The number of carbonyl (C=O) groups is 2. The van der Waals surface area contributed by atoms with Crippen LogP contribution in [0.4, 0.5) is 0 Å². The lowest BCUT2D eigenvalue weighted by Crippen LogP contribution is -2.50. The molecule has 4 nitrogen and oxygen atoms in total. The van der Waals surface area contributed by atoms with Gasteiger partial charge in [-0.05, 0) is 90.6 Å². The first kappa shape index (κ1) is 26.9. The molecule has 0 bridgehead atoms. The predicted molar refractivity (Wildman–Crippen MR) is 156 cm³/mol. The zero-order valence-corrected chi connectivity index (χ0v) is 23.1. The molecule has 0 aromatic heterocycles. The van der Waals surface area contributed by atoms with Gasteiger partial charge >= 0.3 is 0 Å². The minimum absolute atomic E-state index is 0.108. The third kappa shape index (κ3) is 6.30. The fraction of sp³-hybridized carbons (Fsp3) is 0.455. The molecule has 0 radical (unpaired) electrons. The van der Waals surface area contributed by atoms with Gasteiger partial charge in [-0.25, -0.2) is 0 Å². The van der Waals surface area contributed by atoms with Crippen molar-refractivity contribution in [3.63, 3.8) is 0 Å². The van der Waals surface area contributed by atoms with Crippen molar-refractivity contribution in [2.75, 3.05) is 0 Å². The lowest BCUT2D eigenvalue weighted by Gasteiger charge is -2.37. The maximum absolute atomic E-state index is 13.1. The molecule has 2 aliphatic rings. The minimum atomic E-state index is -0.504. The van der Waals surface area contributed by atoms with E-state index in [0.717, 1.165) is 38.5 Å². The number of nitrogens with one attached hydrogen (secondary N) is 2. The van der Waals surface area contributed by atoms with Crippen molar-refractivity contribution in [2.24, 2.45) is 0 Å². The molecule has 2 aliphatic carbocycles. The number of rotatable bonds is 8. The van der Waals surface area contributed by atoms with Gasteiger partial charge in [-0.2, -0.15) is 0 Å². The molecule has 2 saturated carbocycles. The van der Waals surface area contributed by atoms with E-state index < -0.39 is 5.54 Å². The highest BCUT2D eigenvalue weighted by atomic mass is 35.5. The smallest absolute Gasteiger partial charge is 0.251 e. The standard InChI is InChI=1S/C33H39ClN2O2/c1-23(29-14-8-10-25-9-3-4-13-30(25)29)35-28-12-7-11-27(21-28)24-15-17-26(18-16-24)32(38)36-33(22-31(34)37)19-5-2-6-20-33/h3-4,8-10,13-18,23,27-28,35H,2,5-7,11-12,19-22H2,1H3,(H,36,38)/t23-,27+,28+/m1/s1. The van der Waals surface area contributed by atoms with Crippen molar-refractivity contribution in [3.05, 3.63) is 83.4 Å². The van der Waals surface area contributed by atoms with Crippen LogP contribution in [0.15, 0.2) is 66.7 Å². The molecule has 2 N–H and O–H groups in total. The summed E-state index contributed by atoms with van der Waals surface area (Å²) in [6.45, 7) is 2.27. The molecule has 3 aromatic carbocycles. The van der Waals surface area contributed by atoms with E-state index in [1.54, 1.807) is 0 Å². The number of benzene rings is 3. The van der Waals surface area contributed by atoms with Gasteiger partial charge in [-0.15, -0.1) is 0 Å². The van der Waals surface area contributed by atoms with E-state index in [2.05, 4.69) is 72.2 Å². The number of halogens is 1. The molecule has 0 aliphatic heterocycles. The molecule has 0 heterocycles. The Morgan fingerprint density at radius 2 is 1.66 bits per heavy atom. The molecule has 3 atom stereocenters. The molecule has 200 valence electrons. The van der Waals surface area contributed by atoms with Crippen LogP contribution in [0.2, 0.25) is 0 Å². The second-order valence-electron chi connectivity index (χ2n) is 11.5. The predicted octanol–water partition coefficient (Wildman–Crippen LogP) is 7.81. The van der Waals surface area contributed by atoms with Crippen molar-refractivity contribution in [1.82, 2.24) is 10.6 Å². The van der Waals surface area contributed by atoms with Crippen molar-refractivity contribution < 1.29 is 9.59 Å². The first-order valence-corrected chi connectivity index (χ1v) is 14.6. The van der Waals surface area contributed by atoms with Crippen LogP contribution < -0.4 is 10.6 Å². The molecule has 5 rings (SSSR count). The summed E-state index contributed by atoms with van der Waals surface area (Å²) >= 11 is 5.75. The third-order valence-corrected chi connectivity index (χ3v) is 8.89. The number of hydrogen-bond donors (Lipinski definition) is 2. The lowest BCUT2D eigenvalue weighted by atomic mass is 9.79. The normalized spacial score (nSPS) is 22.1. The zero-order chi connectivity index (χ0) is 26.5. The average Bonchev–Trinajstić information content (AvgIpc) is 2.93. The van der Waals surface area contributed by atoms with Crippen LogP contribution in [0.1, 0.15) is 105 Å². The van der Waals surface area contributed by atoms with Gasteiger partial charge in [0.15, 0.2) is 0 Å². The van der Waals surface area contributed by atoms with Crippen LogP contribution in [0.5, 0.6) is 0 Å². The third-order valence-electron chi connectivity index (χ3n) is 8.76. The molecule has 2 fully saturated rings. The second-order valence-corrected chi connectivity index (χ2v) is 11.9. The van der Waals surface area contributed by atoms with E-state index in [-0.39, 0.29) is 23.6 Å². The van der Waals surface area contributed by atoms with Gasteiger partial charge in [0.25, 0.3) is 5.91 Å². The van der Waals surface area contributed by atoms with E-state index in [1.807, 2.05) is 12.1 Å². The molecule has 3 aromatic rings. The summed E-state index contributed by atoms with van der Waals surface area (Å²) in [5, 5.41) is 9.33. The highest BCUT2D eigenvalue weighted by Gasteiger charge is 2.35. The van der Waals surface area contributed by atoms with Crippen LogP contribution >= 0.6 is 11.6 Å². The van der Waals surface area contributed by atoms with E-state index >= 15 is 0 Å². The van der Waals surface area contributed by atoms with Crippen molar-refractivity contribution in [2.45, 2.75) is 94.7 Å². The highest BCUT2D eigenvalue weighted by molar-refractivity contribution is 6.63. The molecular weight excluding hydrogens is 492 g/mol. The molecule has 38 heavy (non-hydrogen) atoms. The van der Waals surface area contributed by atoms with Gasteiger partial charge in [0.2, 0.25) is 5.24 Å². The Morgan fingerprint density at radius 1 is 0.921 bits per heavy atom. The number of hydrogen-bond acceptors (Lipinski definition) is 3. The first-order valence-electron chi connectivity index (χ1n) is 14.3. The lowest BCUT2D eigenvalue weighted by molar-refractivity contribution is -0.113. The van der Waals surface area contributed by atoms with E-state index in [9.17, 15) is 9.59 Å². The fourth-order valence-electron chi connectivity index (χ4n) is 6.78. The van der Waals surface area contributed by atoms with Gasteiger partial charge in [0.05, 0.1) is 0 Å². The van der Waals surface area contributed by atoms with Crippen LogP contribution in [-0.2, 0) is 4.79 Å². The quantitative estimate of drug-likeness (QED) is 0.292. The summed E-state index contributed by atoms with van der Waals surface area (Å²) in [5.41, 5.74) is 2.80. The Morgan fingerprint density at radius 3 is 2.42 bits per heavy atom. The summed E-state index contributed by atoms with van der Waals surface area (Å²) in [7, 11) is 0. The van der Waals surface area contributed by atoms with Crippen LogP contribution in [0.3, 0.4) is 0 Å². The van der Waals surface area contributed by atoms with Gasteiger partial charge in [0.1, 0.15) is 0 Å². The highest BCUT2D eigenvalue weighted by Crippen LogP contribution is 2.35. The van der Waals surface area contributed by atoms with E-state index in [4.69, 9.17) is 11.6 Å².